The van der Waals surface area contributed by atoms with Gasteiger partial charge in [0.1, 0.15) is 0 Å². The minimum Gasteiger partial charge on any atom is -0.364 e. The van der Waals surface area contributed by atoms with Crippen LogP contribution in [-0.2, 0) is 0 Å². The van der Waals surface area contributed by atoms with E-state index in [1.807, 2.05) is 46.0 Å². The van der Waals surface area contributed by atoms with Crippen molar-refractivity contribution in [1.29, 1.82) is 0 Å². The summed E-state index contributed by atoms with van der Waals surface area (Å²) in [5, 5.41) is 26.7. The van der Waals surface area contributed by atoms with Crippen molar-refractivity contribution in [1.82, 2.24) is 50.4 Å². The number of carbonyl (C=O) groups excluding carboxylic acids is 3. The van der Waals surface area contributed by atoms with Gasteiger partial charge in [0.2, 0.25) is 11.9 Å². The minimum atomic E-state index is -0.700. The lowest BCUT2D eigenvalue weighted by Gasteiger charge is -2.36. The summed E-state index contributed by atoms with van der Waals surface area (Å²) in [7, 11) is 1.90. The Morgan fingerprint density at radius 2 is 1.10 bits per heavy atom. The van der Waals surface area contributed by atoms with Crippen LogP contribution < -0.4 is 43.0 Å². The van der Waals surface area contributed by atoms with Crippen LogP contribution in [0.4, 0.5) is 39.7 Å². The fraction of sp³-hybridized carbons (Fsp3) is 0.604. The van der Waals surface area contributed by atoms with Crippen LogP contribution in [-0.4, -0.2) is 153 Å². The first-order valence-corrected chi connectivity index (χ1v) is 27.1. The molecule has 10 rings (SSSR count). The zero-order valence-corrected chi connectivity index (χ0v) is 42.5. The van der Waals surface area contributed by atoms with Crippen molar-refractivity contribution in [3.63, 3.8) is 0 Å². The summed E-state index contributed by atoms with van der Waals surface area (Å²) in [6, 6.07) is 18.0. The van der Waals surface area contributed by atoms with Gasteiger partial charge in [-0.2, -0.15) is 9.97 Å². The number of nitrogens with two attached hydrogens (primary N) is 3. The molecule has 4 aromatic rings. The molecule has 390 valence electrons. The van der Waals surface area contributed by atoms with E-state index in [4.69, 9.17) is 22.2 Å². The molecule has 73 heavy (non-hydrogen) atoms. The van der Waals surface area contributed by atoms with Gasteiger partial charge in [0.05, 0.1) is 0 Å². The van der Waals surface area contributed by atoms with E-state index in [1.165, 1.54) is 62.7 Å². The summed E-state index contributed by atoms with van der Waals surface area (Å²) < 4.78 is 0. The molecule has 0 radical (unpaired) electrons. The molecule has 9 N–H and O–H groups in total. The van der Waals surface area contributed by atoms with E-state index in [0.29, 0.717) is 61.9 Å². The third kappa shape index (κ3) is 12.2. The van der Waals surface area contributed by atoms with Gasteiger partial charge in [0, 0.05) is 75.3 Å². The number of likely N-dealkylation sites (tertiary alicyclic amines) is 2. The number of carbonyl (C=O) groups is 3. The maximum absolute atomic E-state index is 13.6. The van der Waals surface area contributed by atoms with Crippen LogP contribution in [0.3, 0.4) is 0 Å². The molecule has 6 fully saturated rings. The lowest BCUT2D eigenvalue weighted by Crippen LogP contribution is -2.51. The quantitative estimate of drug-likeness (QED) is 0.0865. The van der Waals surface area contributed by atoms with Crippen molar-refractivity contribution in [3.05, 3.63) is 71.0 Å². The number of rotatable bonds is 15. The van der Waals surface area contributed by atoms with Crippen molar-refractivity contribution in [2.45, 2.75) is 132 Å². The second kappa shape index (κ2) is 22.9. The average Bonchev–Trinajstić information content (AvgIpc) is 4.13. The summed E-state index contributed by atoms with van der Waals surface area (Å²) in [4.78, 5) is 59.0. The van der Waals surface area contributed by atoms with Crippen LogP contribution >= 0.6 is 0 Å². The molecule has 4 saturated heterocycles. The van der Waals surface area contributed by atoms with Crippen LogP contribution in [0, 0.1) is 5.92 Å². The zero-order chi connectivity index (χ0) is 50.4. The van der Waals surface area contributed by atoms with Crippen LogP contribution in [0.1, 0.15) is 140 Å². The van der Waals surface area contributed by atoms with Crippen molar-refractivity contribution in [2.24, 2.45) is 23.1 Å². The molecule has 4 atom stereocenters. The topological polar surface area (TPSA) is 259 Å². The van der Waals surface area contributed by atoms with Gasteiger partial charge in [-0.05, 0) is 163 Å². The number of hydrogen-bond donors (Lipinski definition) is 6. The number of piperidine rings is 4. The highest BCUT2D eigenvalue weighted by molar-refractivity contribution is 5.96. The number of primary amides is 2. The highest BCUT2D eigenvalue weighted by Crippen LogP contribution is 2.37. The van der Waals surface area contributed by atoms with Crippen molar-refractivity contribution in [3.8, 4) is 0 Å². The van der Waals surface area contributed by atoms with Gasteiger partial charge >= 0.3 is 6.03 Å². The van der Waals surface area contributed by atoms with Crippen molar-refractivity contribution >= 4 is 52.8 Å². The second-order valence-electron chi connectivity index (χ2n) is 21.7. The fourth-order valence-electron chi connectivity index (χ4n) is 12.6. The first-order valence-electron chi connectivity index (χ1n) is 27.1. The largest absolute Gasteiger partial charge is 0.364 e. The van der Waals surface area contributed by atoms with E-state index >= 15 is 0 Å². The number of urea groups is 1. The summed E-state index contributed by atoms with van der Waals surface area (Å²) in [6.07, 6.45) is 16.9. The number of amides is 4. The molecule has 4 amide bonds. The van der Waals surface area contributed by atoms with E-state index < -0.39 is 11.8 Å². The molecule has 2 saturated carbocycles. The van der Waals surface area contributed by atoms with Gasteiger partial charge in [-0.1, -0.05) is 37.1 Å². The number of benzene rings is 2. The molecule has 6 aliphatic rings. The van der Waals surface area contributed by atoms with Crippen LogP contribution in [0.5, 0.6) is 0 Å². The smallest absolute Gasteiger partial charge is 0.317 e. The molecule has 4 aliphatic heterocycles. The Labute approximate surface area is 429 Å². The summed E-state index contributed by atoms with van der Waals surface area (Å²) in [5.74, 6) is 1.44. The second-order valence-corrected chi connectivity index (χ2v) is 21.7. The van der Waals surface area contributed by atoms with Gasteiger partial charge in [0.15, 0.2) is 23.0 Å². The SMILES string of the molecule is CN(CC1CCC(N2CCC(c3ccc(Nc4nc(N5CCCC(N)C5)nnc4C(N)=O)cc3)CC2)C1)C(=O)NC1CCCN(c2nnc(C(N)=O)c(Nc3ccc(C4CCN(C5CCCC5)CC4)cc3)n2)C1. The lowest BCUT2D eigenvalue weighted by molar-refractivity contribution is 0.0986. The van der Waals surface area contributed by atoms with Gasteiger partial charge < -0.3 is 57.7 Å². The Balaban J connectivity index is 0.667. The third-order valence-electron chi connectivity index (χ3n) is 16.7. The monoisotopic (exact) mass is 998 g/mol. The van der Waals surface area contributed by atoms with E-state index in [9.17, 15) is 14.4 Å². The average molecular weight is 998 g/mol. The Morgan fingerprint density at radius 3 is 1.62 bits per heavy atom. The standard InChI is InChI=1S/C53H75N17O3/c1-66(31-34-10-19-44(30-34)68-28-22-38(23-29-68)36-13-17-40(18-14-36)57-49-45(47(55)71)62-64-51(60-49)69-24-4-6-39(54)32-69)53(73)59-42-7-5-25-70(33-42)52-61-50(46(48(56)72)63-65-52)58-41-15-11-35(12-16-41)37-20-26-67(27-21-37)43-8-2-3-9-43/h11-18,34,37-39,42-44H,2-10,19-33,54H2,1H3,(H2,55,71)(H2,56,72)(H,59,73)(H,57,60,64)(H,58,61,65). The first kappa shape index (κ1) is 50.3. The number of nitrogens with one attached hydrogen (secondary N) is 3. The maximum atomic E-state index is 13.6. The third-order valence-corrected chi connectivity index (χ3v) is 16.7. The number of hydrogen-bond acceptors (Lipinski definition) is 16. The van der Waals surface area contributed by atoms with Crippen molar-refractivity contribution < 1.29 is 14.4 Å². The Bertz CT molecular complexity index is 2530. The molecule has 0 spiro atoms. The molecular weight excluding hydrogens is 923 g/mol. The van der Waals surface area contributed by atoms with Gasteiger partial charge in [0.25, 0.3) is 11.8 Å². The highest BCUT2D eigenvalue weighted by Gasteiger charge is 2.34. The minimum absolute atomic E-state index is 0.00202. The van der Waals surface area contributed by atoms with Gasteiger partial charge in [-0.3, -0.25) is 9.59 Å². The van der Waals surface area contributed by atoms with Gasteiger partial charge in [-0.15, -0.1) is 20.4 Å². The number of aromatic nitrogens is 6. The molecule has 2 aromatic carbocycles. The maximum Gasteiger partial charge on any atom is 0.317 e. The molecule has 4 unspecified atom stereocenters. The normalized spacial score (nSPS) is 23.9. The summed E-state index contributed by atoms with van der Waals surface area (Å²) in [6.45, 7) is 7.79. The lowest BCUT2D eigenvalue weighted by atomic mass is 9.88. The molecule has 20 nitrogen and oxygen atoms in total. The molecule has 2 aromatic heterocycles. The Morgan fingerprint density at radius 1 is 0.589 bits per heavy atom. The van der Waals surface area contributed by atoms with E-state index in [2.05, 4.69) is 75.4 Å². The summed E-state index contributed by atoms with van der Waals surface area (Å²) >= 11 is 0. The first-order chi connectivity index (χ1) is 35.5. The van der Waals surface area contributed by atoms with Crippen LogP contribution in [0.2, 0.25) is 0 Å². The molecular formula is C53H75N17O3. The highest BCUT2D eigenvalue weighted by atomic mass is 16.2. The van der Waals surface area contributed by atoms with E-state index in [-0.39, 0.29) is 41.1 Å². The molecule has 6 heterocycles. The molecule has 0 bridgehead atoms. The zero-order valence-electron chi connectivity index (χ0n) is 42.5. The Kier molecular flexibility index (Phi) is 15.8. The van der Waals surface area contributed by atoms with Gasteiger partial charge in [-0.25, -0.2) is 4.79 Å². The summed E-state index contributed by atoms with van der Waals surface area (Å²) in [5.41, 5.74) is 21.8. The van der Waals surface area contributed by atoms with Crippen LogP contribution in [0.25, 0.3) is 0 Å². The number of anilines is 6. The van der Waals surface area contributed by atoms with Crippen molar-refractivity contribution in [2.75, 3.05) is 86.4 Å². The van der Waals surface area contributed by atoms with E-state index in [1.54, 1.807) is 0 Å². The van der Waals surface area contributed by atoms with E-state index in [0.717, 1.165) is 94.8 Å². The van der Waals surface area contributed by atoms with Crippen LogP contribution in [0.15, 0.2) is 48.5 Å². The molecule has 20 heteroatoms. The Hall–Kier alpha value is -6.25. The molecule has 2 aliphatic carbocycles. The predicted molar refractivity (Wildman–Crippen MR) is 282 cm³/mol. The predicted octanol–water partition coefficient (Wildman–Crippen LogP) is 5.45. The number of nitrogens with zero attached hydrogens (tertiary/aromatic N) is 11. The fourth-order valence-corrected chi connectivity index (χ4v) is 12.6.